The second-order valence-corrected chi connectivity index (χ2v) is 5.21. The van der Waals surface area contributed by atoms with Gasteiger partial charge in [0, 0.05) is 12.7 Å². The van der Waals surface area contributed by atoms with Crippen LogP contribution in [0.5, 0.6) is 0 Å². The van der Waals surface area contributed by atoms with Crippen LogP contribution < -0.4 is 5.32 Å². The minimum absolute atomic E-state index is 0.799. The molecule has 3 rings (SSSR count). The quantitative estimate of drug-likeness (QED) is 0.776. The van der Waals surface area contributed by atoms with Gasteiger partial charge in [0.25, 0.3) is 0 Å². The number of nitrogens with zero attached hydrogens (tertiary/aromatic N) is 3. The molecule has 1 N–H and O–H groups in total. The van der Waals surface area contributed by atoms with Gasteiger partial charge in [0.05, 0.1) is 17.6 Å². The fraction of sp³-hybridized carbons (Fsp3) is 0.294. The summed E-state index contributed by atoms with van der Waals surface area (Å²) in [7, 11) is 0. The SMILES string of the molecule is CCCNc1ccc(Cn2c(C)nc3ccccc32)cn1. The van der Waals surface area contributed by atoms with Gasteiger partial charge in [0.2, 0.25) is 0 Å². The molecule has 2 aromatic heterocycles. The van der Waals surface area contributed by atoms with E-state index >= 15 is 0 Å². The van der Waals surface area contributed by atoms with E-state index < -0.39 is 0 Å². The molecule has 0 unspecified atom stereocenters. The molecule has 0 saturated heterocycles. The molecule has 3 aromatic rings. The summed E-state index contributed by atoms with van der Waals surface area (Å²) < 4.78 is 2.23. The average molecular weight is 280 g/mol. The number of aromatic nitrogens is 3. The van der Waals surface area contributed by atoms with Crippen LogP contribution in [0.2, 0.25) is 0 Å². The van der Waals surface area contributed by atoms with E-state index in [9.17, 15) is 0 Å². The number of rotatable bonds is 5. The highest BCUT2D eigenvalue weighted by molar-refractivity contribution is 5.75. The third-order valence-electron chi connectivity index (χ3n) is 3.57. The summed E-state index contributed by atoms with van der Waals surface area (Å²) >= 11 is 0. The van der Waals surface area contributed by atoms with Gasteiger partial charge in [-0.05, 0) is 37.1 Å². The summed E-state index contributed by atoms with van der Waals surface area (Å²) in [5.41, 5.74) is 3.40. The number of fused-ring (bicyclic) bond motifs is 1. The normalized spacial score (nSPS) is 11.0. The van der Waals surface area contributed by atoms with Gasteiger partial charge in [0.15, 0.2) is 0 Å². The maximum Gasteiger partial charge on any atom is 0.125 e. The molecule has 0 radical (unpaired) electrons. The summed E-state index contributed by atoms with van der Waals surface area (Å²) in [5, 5.41) is 3.29. The standard InChI is InChI=1S/C17H20N4/c1-3-10-18-17-9-8-14(11-19-17)12-21-13(2)20-15-6-4-5-7-16(15)21/h4-9,11H,3,10,12H2,1-2H3,(H,18,19). The lowest BCUT2D eigenvalue weighted by molar-refractivity contribution is 0.782. The van der Waals surface area contributed by atoms with Crippen LogP contribution in [0, 0.1) is 6.92 Å². The van der Waals surface area contributed by atoms with Gasteiger partial charge in [-0.1, -0.05) is 25.1 Å². The first-order chi connectivity index (χ1) is 10.3. The Hall–Kier alpha value is -2.36. The lowest BCUT2D eigenvalue weighted by Gasteiger charge is -2.08. The van der Waals surface area contributed by atoms with Gasteiger partial charge in [-0.2, -0.15) is 0 Å². The second-order valence-electron chi connectivity index (χ2n) is 5.21. The van der Waals surface area contributed by atoms with Crippen LogP contribution in [0.15, 0.2) is 42.6 Å². The molecular formula is C17H20N4. The van der Waals surface area contributed by atoms with E-state index in [1.165, 1.54) is 11.1 Å². The lowest BCUT2D eigenvalue weighted by atomic mass is 10.2. The number of para-hydroxylation sites is 2. The number of hydrogen-bond donors (Lipinski definition) is 1. The van der Waals surface area contributed by atoms with Crippen molar-refractivity contribution in [3.63, 3.8) is 0 Å². The molecule has 21 heavy (non-hydrogen) atoms. The molecule has 108 valence electrons. The second kappa shape index (κ2) is 5.95. The van der Waals surface area contributed by atoms with Crippen molar-refractivity contribution in [2.24, 2.45) is 0 Å². The Bertz CT molecular complexity index is 728. The Balaban J connectivity index is 1.83. The van der Waals surface area contributed by atoms with E-state index in [1.807, 2.05) is 25.3 Å². The van der Waals surface area contributed by atoms with Crippen LogP contribution in [0.3, 0.4) is 0 Å². The average Bonchev–Trinajstić information content (AvgIpc) is 2.83. The minimum Gasteiger partial charge on any atom is -0.370 e. The van der Waals surface area contributed by atoms with Crippen molar-refractivity contribution in [3.05, 3.63) is 54.0 Å². The molecule has 4 nitrogen and oxygen atoms in total. The van der Waals surface area contributed by atoms with Crippen molar-refractivity contribution in [2.75, 3.05) is 11.9 Å². The molecule has 0 saturated carbocycles. The van der Waals surface area contributed by atoms with Crippen molar-refractivity contribution >= 4 is 16.9 Å². The summed E-state index contributed by atoms with van der Waals surface area (Å²) in [6.07, 6.45) is 3.04. The van der Waals surface area contributed by atoms with Crippen LogP contribution in [-0.4, -0.2) is 21.1 Å². The van der Waals surface area contributed by atoms with Crippen LogP contribution in [0.25, 0.3) is 11.0 Å². The highest BCUT2D eigenvalue weighted by Gasteiger charge is 2.07. The van der Waals surface area contributed by atoms with E-state index in [-0.39, 0.29) is 0 Å². The smallest absolute Gasteiger partial charge is 0.125 e. The third-order valence-corrected chi connectivity index (χ3v) is 3.57. The highest BCUT2D eigenvalue weighted by Crippen LogP contribution is 2.17. The van der Waals surface area contributed by atoms with Gasteiger partial charge in [-0.25, -0.2) is 9.97 Å². The maximum absolute atomic E-state index is 4.60. The predicted molar refractivity (Wildman–Crippen MR) is 86.6 cm³/mol. The topological polar surface area (TPSA) is 42.7 Å². The number of imidazole rings is 1. The number of pyridine rings is 1. The van der Waals surface area contributed by atoms with Crippen molar-refractivity contribution < 1.29 is 0 Å². The fourth-order valence-electron chi connectivity index (χ4n) is 2.45. The minimum atomic E-state index is 0.799. The fourth-order valence-corrected chi connectivity index (χ4v) is 2.45. The van der Waals surface area contributed by atoms with E-state index in [2.05, 4.69) is 51.0 Å². The van der Waals surface area contributed by atoms with Gasteiger partial charge in [-0.15, -0.1) is 0 Å². The molecule has 0 fully saturated rings. The number of nitrogens with one attached hydrogen (secondary N) is 1. The Morgan fingerprint density at radius 1 is 1.14 bits per heavy atom. The Morgan fingerprint density at radius 2 is 2.00 bits per heavy atom. The van der Waals surface area contributed by atoms with Gasteiger partial charge >= 0.3 is 0 Å². The van der Waals surface area contributed by atoms with Gasteiger partial charge in [0.1, 0.15) is 11.6 Å². The van der Waals surface area contributed by atoms with E-state index in [0.717, 1.165) is 36.7 Å². The summed E-state index contributed by atoms with van der Waals surface area (Å²) in [6.45, 7) is 5.95. The summed E-state index contributed by atoms with van der Waals surface area (Å²) in [5.74, 6) is 1.97. The molecule has 0 aliphatic heterocycles. The molecule has 0 spiro atoms. The molecule has 4 heteroatoms. The molecule has 2 heterocycles. The first kappa shape index (κ1) is 13.6. The zero-order chi connectivity index (χ0) is 14.7. The number of aryl methyl sites for hydroxylation is 1. The first-order valence-corrected chi connectivity index (χ1v) is 7.38. The molecule has 0 aliphatic carbocycles. The van der Waals surface area contributed by atoms with Crippen molar-refractivity contribution in [1.29, 1.82) is 0 Å². The van der Waals surface area contributed by atoms with E-state index in [1.54, 1.807) is 0 Å². The predicted octanol–water partition coefficient (Wildman–Crippen LogP) is 3.61. The zero-order valence-corrected chi connectivity index (χ0v) is 12.5. The molecule has 1 aromatic carbocycles. The van der Waals surface area contributed by atoms with Gasteiger partial charge < -0.3 is 9.88 Å². The monoisotopic (exact) mass is 280 g/mol. The van der Waals surface area contributed by atoms with E-state index in [0.29, 0.717) is 0 Å². The summed E-state index contributed by atoms with van der Waals surface area (Å²) in [4.78, 5) is 9.06. The molecule has 0 bridgehead atoms. The Morgan fingerprint density at radius 3 is 2.76 bits per heavy atom. The molecule has 0 atom stereocenters. The van der Waals surface area contributed by atoms with Crippen LogP contribution in [0.4, 0.5) is 5.82 Å². The largest absolute Gasteiger partial charge is 0.370 e. The van der Waals surface area contributed by atoms with Crippen LogP contribution >= 0.6 is 0 Å². The maximum atomic E-state index is 4.60. The van der Waals surface area contributed by atoms with Crippen molar-refractivity contribution in [3.8, 4) is 0 Å². The molecule has 0 amide bonds. The summed E-state index contributed by atoms with van der Waals surface area (Å²) in [6, 6.07) is 12.4. The first-order valence-electron chi connectivity index (χ1n) is 7.38. The zero-order valence-electron chi connectivity index (χ0n) is 12.5. The lowest BCUT2D eigenvalue weighted by Crippen LogP contribution is -2.04. The number of benzene rings is 1. The Kier molecular flexibility index (Phi) is 3.86. The van der Waals surface area contributed by atoms with E-state index in [4.69, 9.17) is 0 Å². The number of hydrogen-bond acceptors (Lipinski definition) is 3. The third kappa shape index (κ3) is 2.89. The highest BCUT2D eigenvalue weighted by atomic mass is 15.1. The molecular weight excluding hydrogens is 260 g/mol. The van der Waals surface area contributed by atoms with Gasteiger partial charge in [-0.3, -0.25) is 0 Å². The Labute approximate surface area is 124 Å². The van der Waals surface area contributed by atoms with Crippen LogP contribution in [0.1, 0.15) is 24.7 Å². The number of anilines is 1. The van der Waals surface area contributed by atoms with Crippen LogP contribution in [-0.2, 0) is 6.54 Å². The van der Waals surface area contributed by atoms with Crippen molar-refractivity contribution in [1.82, 2.24) is 14.5 Å². The van der Waals surface area contributed by atoms with Crippen molar-refractivity contribution in [2.45, 2.75) is 26.8 Å². The molecule has 0 aliphatic rings.